The molecule has 1 aromatic rings. The van der Waals surface area contributed by atoms with E-state index in [9.17, 15) is 9.59 Å². The van der Waals surface area contributed by atoms with Crippen LogP contribution in [0, 0.1) is 0 Å². The van der Waals surface area contributed by atoms with E-state index < -0.39 is 0 Å². The average molecular weight is 333 g/mol. The Morgan fingerprint density at radius 2 is 1.96 bits per heavy atom. The van der Waals surface area contributed by atoms with Gasteiger partial charge in [0.05, 0.1) is 11.8 Å². The van der Waals surface area contributed by atoms with Crippen LogP contribution >= 0.6 is 0 Å². The molecule has 1 aliphatic heterocycles. The molecule has 0 radical (unpaired) electrons. The van der Waals surface area contributed by atoms with E-state index in [-0.39, 0.29) is 11.8 Å². The molecule has 0 bridgehead atoms. The Balaban J connectivity index is 1.40. The molecule has 0 aromatic carbocycles. The van der Waals surface area contributed by atoms with E-state index in [1.807, 2.05) is 4.90 Å². The Morgan fingerprint density at radius 3 is 2.71 bits per heavy atom. The van der Waals surface area contributed by atoms with Crippen molar-refractivity contribution in [2.75, 3.05) is 32.7 Å². The summed E-state index contributed by atoms with van der Waals surface area (Å²) < 4.78 is 5.00. The molecule has 24 heavy (non-hydrogen) atoms. The molecule has 6 nitrogen and oxygen atoms in total. The molecule has 0 atom stereocenters. The Bertz CT molecular complexity index is 538. The molecule has 1 N–H and O–H groups in total. The molecule has 2 fully saturated rings. The predicted molar refractivity (Wildman–Crippen MR) is 90.7 cm³/mol. The molecule has 1 aromatic heterocycles. The zero-order chi connectivity index (χ0) is 16.8. The van der Waals surface area contributed by atoms with Crippen molar-refractivity contribution >= 4 is 11.8 Å². The van der Waals surface area contributed by atoms with Gasteiger partial charge in [-0.2, -0.15) is 0 Å². The first-order valence-electron chi connectivity index (χ1n) is 9.05. The van der Waals surface area contributed by atoms with Gasteiger partial charge in [-0.25, -0.2) is 0 Å². The van der Waals surface area contributed by atoms with Crippen LogP contribution in [0.4, 0.5) is 0 Å². The third-order valence-electron chi connectivity index (χ3n) is 5.02. The molecule has 2 amide bonds. The molecule has 3 rings (SSSR count). The van der Waals surface area contributed by atoms with Gasteiger partial charge in [0.15, 0.2) is 0 Å². The monoisotopic (exact) mass is 333 g/mol. The highest BCUT2D eigenvalue weighted by atomic mass is 16.3. The Morgan fingerprint density at radius 1 is 1.12 bits per heavy atom. The lowest BCUT2D eigenvalue weighted by atomic mass is 10.2. The van der Waals surface area contributed by atoms with Gasteiger partial charge < -0.3 is 19.5 Å². The molecule has 6 heteroatoms. The molecule has 0 unspecified atom stereocenters. The lowest BCUT2D eigenvalue weighted by Gasteiger charge is -2.21. The maximum atomic E-state index is 12.4. The number of amides is 2. The Labute approximate surface area is 143 Å². The number of nitrogens with zero attached hydrogens (tertiary/aromatic N) is 2. The van der Waals surface area contributed by atoms with Crippen molar-refractivity contribution in [3.05, 3.63) is 24.2 Å². The normalized spacial score (nSPS) is 20.1. The van der Waals surface area contributed by atoms with Gasteiger partial charge in [0.2, 0.25) is 5.91 Å². The average Bonchev–Trinajstić information content (AvgIpc) is 3.23. The first-order chi connectivity index (χ1) is 11.7. The van der Waals surface area contributed by atoms with Gasteiger partial charge in [-0.3, -0.25) is 9.59 Å². The van der Waals surface area contributed by atoms with Crippen molar-refractivity contribution in [2.45, 2.75) is 44.6 Å². The van der Waals surface area contributed by atoms with E-state index in [1.165, 1.54) is 25.4 Å². The molecule has 1 aliphatic carbocycles. The summed E-state index contributed by atoms with van der Waals surface area (Å²) in [5.74, 6) is 0.196. The fourth-order valence-corrected chi connectivity index (χ4v) is 3.60. The van der Waals surface area contributed by atoms with Gasteiger partial charge in [0, 0.05) is 38.6 Å². The summed E-state index contributed by atoms with van der Waals surface area (Å²) >= 11 is 0. The second-order valence-corrected chi connectivity index (χ2v) is 6.80. The van der Waals surface area contributed by atoms with E-state index in [2.05, 4.69) is 10.2 Å². The zero-order valence-electron chi connectivity index (χ0n) is 14.2. The summed E-state index contributed by atoms with van der Waals surface area (Å²) in [6.45, 7) is 3.99. The summed E-state index contributed by atoms with van der Waals surface area (Å²) in [7, 11) is 0. The SMILES string of the molecule is O=C(CCN1CCCN(C(=O)c2ccoc2)CC1)NC1CCCC1. The Hall–Kier alpha value is -1.82. The molecule has 132 valence electrons. The zero-order valence-corrected chi connectivity index (χ0v) is 14.2. The van der Waals surface area contributed by atoms with Crippen LogP contribution in [0.2, 0.25) is 0 Å². The first kappa shape index (κ1) is 17.0. The lowest BCUT2D eigenvalue weighted by molar-refractivity contribution is -0.122. The standard InChI is InChI=1S/C18H27N3O3/c22-17(19-16-4-1-2-5-16)6-10-20-8-3-9-21(12-11-20)18(23)15-7-13-24-14-15/h7,13-14,16H,1-6,8-12H2,(H,19,22). The fourth-order valence-electron chi connectivity index (χ4n) is 3.60. The third kappa shape index (κ3) is 4.60. The van der Waals surface area contributed by atoms with Crippen LogP contribution < -0.4 is 5.32 Å². The number of carbonyl (C=O) groups is 2. The molecular formula is C18H27N3O3. The highest BCUT2D eigenvalue weighted by Gasteiger charge is 2.22. The van der Waals surface area contributed by atoms with E-state index in [0.717, 1.165) is 45.4 Å². The van der Waals surface area contributed by atoms with Crippen molar-refractivity contribution in [3.63, 3.8) is 0 Å². The highest BCUT2D eigenvalue weighted by Crippen LogP contribution is 2.17. The quantitative estimate of drug-likeness (QED) is 0.893. The predicted octanol–water partition coefficient (Wildman–Crippen LogP) is 1.88. The molecule has 2 heterocycles. The van der Waals surface area contributed by atoms with Gasteiger partial charge in [-0.1, -0.05) is 12.8 Å². The molecular weight excluding hydrogens is 306 g/mol. The third-order valence-corrected chi connectivity index (χ3v) is 5.02. The summed E-state index contributed by atoms with van der Waals surface area (Å²) in [5, 5.41) is 3.14. The number of carbonyl (C=O) groups excluding carboxylic acids is 2. The van der Waals surface area contributed by atoms with Crippen molar-refractivity contribution in [1.82, 2.24) is 15.1 Å². The number of rotatable bonds is 5. The van der Waals surface area contributed by atoms with Crippen molar-refractivity contribution in [2.24, 2.45) is 0 Å². The van der Waals surface area contributed by atoms with E-state index in [0.29, 0.717) is 24.6 Å². The summed E-state index contributed by atoms with van der Waals surface area (Å²) in [5.41, 5.74) is 0.611. The minimum absolute atomic E-state index is 0.0320. The van der Waals surface area contributed by atoms with Gasteiger partial charge >= 0.3 is 0 Å². The second-order valence-electron chi connectivity index (χ2n) is 6.80. The number of furan rings is 1. The smallest absolute Gasteiger partial charge is 0.257 e. The van der Waals surface area contributed by atoms with E-state index >= 15 is 0 Å². The summed E-state index contributed by atoms with van der Waals surface area (Å²) in [4.78, 5) is 28.6. The summed E-state index contributed by atoms with van der Waals surface area (Å²) in [6.07, 6.45) is 9.23. The van der Waals surface area contributed by atoms with Crippen molar-refractivity contribution < 1.29 is 14.0 Å². The topological polar surface area (TPSA) is 65.8 Å². The first-order valence-corrected chi connectivity index (χ1v) is 9.05. The van der Waals surface area contributed by atoms with Crippen LogP contribution in [0.3, 0.4) is 0 Å². The Kier molecular flexibility index (Phi) is 5.91. The van der Waals surface area contributed by atoms with Gasteiger partial charge in [0.25, 0.3) is 5.91 Å². The minimum atomic E-state index is 0.0320. The fraction of sp³-hybridized carbons (Fsp3) is 0.667. The minimum Gasteiger partial charge on any atom is -0.472 e. The van der Waals surface area contributed by atoms with Crippen LogP contribution in [0.15, 0.2) is 23.0 Å². The van der Waals surface area contributed by atoms with Gasteiger partial charge in [-0.05, 0) is 31.9 Å². The lowest BCUT2D eigenvalue weighted by Crippen LogP contribution is -2.37. The number of hydrogen-bond donors (Lipinski definition) is 1. The van der Waals surface area contributed by atoms with Crippen LogP contribution in [-0.4, -0.2) is 60.4 Å². The van der Waals surface area contributed by atoms with Gasteiger partial charge in [-0.15, -0.1) is 0 Å². The number of nitrogens with one attached hydrogen (secondary N) is 1. The number of hydrogen-bond acceptors (Lipinski definition) is 4. The van der Waals surface area contributed by atoms with Crippen molar-refractivity contribution in [3.8, 4) is 0 Å². The van der Waals surface area contributed by atoms with Crippen LogP contribution in [-0.2, 0) is 4.79 Å². The highest BCUT2D eigenvalue weighted by molar-refractivity contribution is 5.93. The van der Waals surface area contributed by atoms with Crippen LogP contribution in [0.25, 0.3) is 0 Å². The molecule has 1 saturated heterocycles. The van der Waals surface area contributed by atoms with Crippen LogP contribution in [0.1, 0.15) is 48.9 Å². The maximum Gasteiger partial charge on any atom is 0.257 e. The van der Waals surface area contributed by atoms with Crippen molar-refractivity contribution in [1.29, 1.82) is 0 Å². The summed E-state index contributed by atoms with van der Waals surface area (Å²) in [6, 6.07) is 2.10. The molecule has 2 aliphatic rings. The van der Waals surface area contributed by atoms with Gasteiger partial charge in [0.1, 0.15) is 6.26 Å². The van der Waals surface area contributed by atoms with Crippen LogP contribution in [0.5, 0.6) is 0 Å². The van der Waals surface area contributed by atoms with E-state index in [1.54, 1.807) is 6.07 Å². The largest absolute Gasteiger partial charge is 0.472 e. The molecule has 0 spiro atoms. The van der Waals surface area contributed by atoms with E-state index in [4.69, 9.17) is 4.42 Å². The maximum absolute atomic E-state index is 12.4. The molecule has 1 saturated carbocycles. The second kappa shape index (κ2) is 8.33.